The normalized spacial score (nSPS) is 11.3. The molecule has 2 N–H and O–H groups in total. The Kier molecular flexibility index (Phi) is 9.99. The molecule has 0 aliphatic rings. The summed E-state index contributed by atoms with van der Waals surface area (Å²) in [5.74, 6) is 0.00642. The van der Waals surface area contributed by atoms with Crippen molar-refractivity contribution in [2.75, 3.05) is 32.0 Å². The number of halogens is 2. The number of aryl methyl sites for hydroxylation is 2. The van der Waals surface area contributed by atoms with E-state index in [0.29, 0.717) is 19.5 Å². The first-order chi connectivity index (χ1) is 12.0. The lowest BCUT2D eigenvalue weighted by atomic mass is 10.1. The molecule has 0 aliphatic heterocycles. The lowest BCUT2D eigenvalue weighted by Gasteiger charge is -2.21. The zero-order valence-corrected chi connectivity index (χ0v) is 15.1. The number of aromatic nitrogens is 1. The lowest BCUT2D eigenvalue weighted by molar-refractivity contribution is -0.137. The number of rotatable bonds is 13. The molecule has 0 bridgehead atoms. The van der Waals surface area contributed by atoms with E-state index in [0.717, 1.165) is 37.2 Å². The summed E-state index contributed by atoms with van der Waals surface area (Å²) in [5.41, 5.74) is 2.17. The summed E-state index contributed by atoms with van der Waals surface area (Å²) in [7, 11) is 1.85. The molecule has 0 unspecified atom stereocenters. The fourth-order valence-corrected chi connectivity index (χ4v) is 2.75. The quantitative estimate of drug-likeness (QED) is 0.530. The van der Waals surface area contributed by atoms with Gasteiger partial charge in [0, 0.05) is 19.2 Å². The third kappa shape index (κ3) is 8.77. The van der Waals surface area contributed by atoms with E-state index in [9.17, 15) is 13.6 Å². The number of hydrogen-bond donors (Lipinski definition) is 2. The van der Waals surface area contributed by atoms with Crippen LogP contribution in [0, 0.1) is 0 Å². The van der Waals surface area contributed by atoms with E-state index < -0.39 is 12.4 Å². The van der Waals surface area contributed by atoms with Crippen LogP contribution in [0.25, 0.3) is 0 Å². The highest BCUT2D eigenvalue weighted by atomic mass is 19.3. The molecule has 5 nitrogen and oxygen atoms in total. The molecule has 142 valence electrons. The monoisotopic (exact) mass is 357 g/mol. The SMILES string of the molecule is CCc1ccc(CCCCN(CCCC(=O)O)CC(F)F)nc1NC. The van der Waals surface area contributed by atoms with E-state index in [-0.39, 0.29) is 13.0 Å². The molecule has 25 heavy (non-hydrogen) atoms. The maximum absolute atomic E-state index is 12.6. The summed E-state index contributed by atoms with van der Waals surface area (Å²) in [4.78, 5) is 16.8. The van der Waals surface area contributed by atoms with Gasteiger partial charge in [0.15, 0.2) is 0 Å². The Bertz CT molecular complexity index is 527. The molecule has 0 saturated carbocycles. The Morgan fingerprint density at radius 3 is 2.60 bits per heavy atom. The molecular formula is C18H29F2N3O2. The van der Waals surface area contributed by atoms with Gasteiger partial charge in [0.1, 0.15) is 5.82 Å². The van der Waals surface area contributed by atoms with Crippen molar-refractivity contribution in [3.8, 4) is 0 Å². The van der Waals surface area contributed by atoms with Crippen LogP contribution in [-0.4, -0.2) is 54.1 Å². The standard InChI is InChI=1S/C18H29F2N3O2/c1-3-14-9-10-15(22-18(14)21-2)7-4-5-11-23(13-16(19)20)12-6-8-17(24)25/h9-10,16H,3-8,11-13H2,1-2H3,(H,21,22)(H,24,25). The highest BCUT2D eigenvalue weighted by molar-refractivity contribution is 5.66. The molecule has 7 heteroatoms. The van der Waals surface area contributed by atoms with Crippen molar-refractivity contribution < 1.29 is 18.7 Å². The smallest absolute Gasteiger partial charge is 0.303 e. The lowest BCUT2D eigenvalue weighted by Crippen LogP contribution is -2.31. The number of hydrogen-bond acceptors (Lipinski definition) is 4. The largest absolute Gasteiger partial charge is 0.481 e. The van der Waals surface area contributed by atoms with Crippen LogP contribution in [0.5, 0.6) is 0 Å². The molecule has 0 aromatic carbocycles. The maximum Gasteiger partial charge on any atom is 0.303 e. The Hall–Kier alpha value is -1.76. The number of alkyl halides is 2. The number of unbranched alkanes of at least 4 members (excludes halogenated alkanes) is 1. The van der Waals surface area contributed by atoms with Gasteiger partial charge < -0.3 is 10.4 Å². The second-order valence-electron chi connectivity index (χ2n) is 6.06. The summed E-state index contributed by atoms with van der Waals surface area (Å²) in [6.07, 6.45) is 1.38. The first-order valence-electron chi connectivity index (χ1n) is 8.85. The molecule has 1 heterocycles. The van der Waals surface area contributed by atoms with Gasteiger partial charge in [-0.3, -0.25) is 9.69 Å². The number of nitrogens with zero attached hydrogens (tertiary/aromatic N) is 2. The van der Waals surface area contributed by atoms with Gasteiger partial charge in [-0.1, -0.05) is 13.0 Å². The van der Waals surface area contributed by atoms with E-state index in [1.165, 1.54) is 5.56 Å². The van der Waals surface area contributed by atoms with E-state index >= 15 is 0 Å². The number of nitrogens with one attached hydrogen (secondary N) is 1. The Morgan fingerprint density at radius 2 is 2.00 bits per heavy atom. The van der Waals surface area contributed by atoms with Gasteiger partial charge in [-0.25, -0.2) is 13.8 Å². The Balaban J connectivity index is 2.40. The third-order valence-electron chi connectivity index (χ3n) is 4.07. The minimum Gasteiger partial charge on any atom is -0.481 e. The van der Waals surface area contributed by atoms with E-state index in [4.69, 9.17) is 5.11 Å². The van der Waals surface area contributed by atoms with Crippen LogP contribution in [0.1, 0.15) is 43.9 Å². The molecule has 1 rings (SSSR count). The maximum atomic E-state index is 12.6. The van der Waals surface area contributed by atoms with Gasteiger partial charge in [-0.15, -0.1) is 0 Å². The molecule has 1 aromatic rings. The molecule has 1 aromatic heterocycles. The number of pyridine rings is 1. The molecule has 0 spiro atoms. The highest BCUT2D eigenvalue weighted by Gasteiger charge is 2.12. The average molecular weight is 357 g/mol. The van der Waals surface area contributed by atoms with Crippen molar-refractivity contribution in [3.05, 3.63) is 23.4 Å². The van der Waals surface area contributed by atoms with E-state index in [2.05, 4.69) is 23.3 Å². The van der Waals surface area contributed by atoms with E-state index in [1.54, 1.807) is 4.90 Å². The second kappa shape index (κ2) is 11.7. The minimum absolute atomic E-state index is 0.0141. The summed E-state index contributed by atoms with van der Waals surface area (Å²) < 4.78 is 25.2. The molecule has 0 aliphatic carbocycles. The predicted octanol–water partition coefficient (Wildman–Crippen LogP) is 3.44. The van der Waals surface area contributed by atoms with Crippen LogP contribution in [0.3, 0.4) is 0 Å². The van der Waals surface area contributed by atoms with Crippen molar-refractivity contribution in [1.82, 2.24) is 9.88 Å². The molecule has 0 fully saturated rings. The van der Waals surface area contributed by atoms with Gasteiger partial charge in [-0.05, 0) is 56.8 Å². The number of carboxylic acid groups (broad SMARTS) is 1. The second-order valence-corrected chi connectivity index (χ2v) is 6.06. The van der Waals surface area contributed by atoms with Crippen molar-refractivity contribution in [1.29, 1.82) is 0 Å². The molecule has 0 amide bonds. The summed E-state index contributed by atoms with van der Waals surface area (Å²) in [5, 5.41) is 11.7. The Labute approximate surface area is 148 Å². The van der Waals surface area contributed by atoms with Crippen LogP contribution in [0.15, 0.2) is 12.1 Å². The molecular weight excluding hydrogens is 328 g/mol. The fourth-order valence-electron chi connectivity index (χ4n) is 2.75. The molecule has 0 radical (unpaired) electrons. The number of anilines is 1. The summed E-state index contributed by atoms with van der Waals surface area (Å²) >= 11 is 0. The first-order valence-corrected chi connectivity index (χ1v) is 8.85. The topological polar surface area (TPSA) is 65.5 Å². The predicted molar refractivity (Wildman–Crippen MR) is 95.4 cm³/mol. The fraction of sp³-hybridized carbons (Fsp3) is 0.667. The van der Waals surface area contributed by atoms with Crippen LogP contribution in [0.2, 0.25) is 0 Å². The minimum atomic E-state index is -2.40. The van der Waals surface area contributed by atoms with Crippen LogP contribution in [0.4, 0.5) is 14.6 Å². The summed E-state index contributed by atoms with van der Waals surface area (Å²) in [6, 6.07) is 4.09. The van der Waals surface area contributed by atoms with Gasteiger partial charge in [0.05, 0.1) is 6.54 Å². The zero-order chi connectivity index (χ0) is 18.7. The van der Waals surface area contributed by atoms with Crippen LogP contribution >= 0.6 is 0 Å². The average Bonchev–Trinajstić information content (AvgIpc) is 2.57. The number of aliphatic carboxylic acids is 1. The number of carboxylic acids is 1. The zero-order valence-electron chi connectivity index (χ0n) is 15.1. The highest BCUT2D eigenvalue weighted by Crippen LogP contribution is 2.15. The van der Waals surface area contributed by atoms with E-state index in [1.807, 2.05) is 13.1 Å². The number of carbonyl (C=O) groups is 1. The molecule has 0 saturated heterocycles. The van der Waals surface area contributed by atoms with Gasteiger partial charge >= 0.3 is 5.97 Å². The van der Waals surface area contributed by atoms with Gasteiger partial charge in [-0.2, -0.15) is 0 Å². The van der Waals surface area contributed by atoms with Crippen LogP contribution < -0.4 is 5.32 Å². The van der Waals surface area contributed by atoms with Crippen molar-refractivity contribution >= 4 is 11.8 Å². The van der Waals surface area contributed by atoms with Crippen molar-refractivity contribution in [2.45, 2.75) is 51.9 Å². The third-order valence-corrected chi connectivity index (χ3v) is 4.07. The van der Waals surface area contributed by atoms with Gasteiger partial charge in [0.25, 0.3) is 6.43 Å². The summed E-state index contributed by atoms with van der Waals surface area (Å²) in [6.45, 7) is 2.73. The van der Waals surface area contributed by atoms with Crippen LogP contribution in [-0.2, 0) is 17.6 Å². The van der Waals surface area contributed by atoms with Crippen molar-refractivity contribution in [3.63, 3.8) is 0 Å². The molecule has 0 atom stereocenters. The van der Waals surface area contributed by atoms with Crippen molar-refractivity contribution in [2.24, 2.45) is 0 Å². The van der Waals surface area contributed by atoms with Gasteiger partial charge in [0.2, 0.25) is 0 Å². The first kappa shape index (κ1) is 21.3. The Morgan fingerprint density at radius 1 is 1.28 bits per heavy atom.